The predicted octanol–water partition coefficient (Wildman–Crippen LogP) is 1.81. The lowest BCUT2D eigenvalue weighted by molar-refractivity contribution is -0.0809. The summed E-state index contributed by atoms with van der Waals surface area (Å²) in [6, 6.07) is 0.0978. The Kier molecular flexibility index (Phi) is 3.41. The number of hydrogen-bond donors (Lipinski definition) is 1. The van der Waals surface area contributed by atoms with Crippen LogP contribution in [0.2, 0.25) is 0 Å². The van der Waals surface area contributed by atoms with E-state index in [2.05, 4.69) is 4.72 Å². The number of nitrogens with one attached hydrogen (secondary N) is 1. The fourth-order valence-electron chi connectivity index (χ4n) is 3.39. The maximum absolute atomic E-state index is 12.0. The third-order valence-electron chi connectivity index (χ3n) is 4.51. The van der Waals surface area contributed by atoms with Gasteiger partial charge >= 0.3 is 0 Å². The van der Waals surface area contributed by atoms with Gasteiger partial charge in [-0.15, -0.1) is 0 Å². The Hall–Kier alpha value is -0.130. The van der Waals surface area contributed by atoms with E-state index in [-0.39, 0.29) is 11.6 Å². The van der Waals surface area contributed by atoms with Crippen LogP contribution in [0.4, 0.5) is 0 Å². The van der Waals surface area contributed by atoms with Crippen molar-refractivity contribution in [3.05, 3.63) is 0 Å². The lowest BCUT2D eigenvalue weighted by Crippen LogP contribution is -2.47. The van der Waals surface area contributed by atoms with Gasteiger partial charge in [0.25, 0.3) is 0 Å². The SMILES string of the molecule is O=S(=O)(CC1CC1)N[C@H]1CCOC2(CCCC2)C1. The highest BCUT2D eigenvalue weighted by atomic mass is 32.2. The van der Waals surface area contributed by atoms with Gasteiger partial charge in [-0.2, -0.15) is 0 Å². The number of ether oxygens (including phenoxy) is 1. The highest BCUT2D eigenvalue weighted by Crippen LogP contribution is 2.40. The standard InChI is InChI=1S/C13H23NO3S/c15-18(16,10-11-3-4-11)14-12-5-8-17-13(9-12)6-1-2-7-13/h11-12,14H,1-10H2/t12-/m0/s1. The van der Waals surface area contributed by atoms with Crippen LogP contribution >= 0.6 is 0 Å². The molecule has 3 aliphatic rings. The summed E-state index contributed by atoms with van der Waals surface area (Å²) in [5.41, 5.74) is -0.00891. The van der Waals surface area contributed by atoms with Crippen molar-refractivity contribution in [3.63, 3.8) is 0 Å². The quantitative estimate of drug-likeness (QED) is 0.850. The molecule has 0 bridgehead atoms. The van der Waals surface area contributed by atoms with Crippen molar-refractivity contribution >= 4 is 10.0 Å². The fraction of sp³-hybridized carbons (Fsp3) is 1.00. The maximum atomic E-state index is 12.0. The summed E-state index contributed by atoms with van der Waals surface area (Å²) in [4.78, 5) is 0. The van der Waals surface area contributed by atoms with Crippen molar-refractivity contribution in [2.75, 3.05) is 12.4 Å². The topological polar surface area (TPSA) is 55.4 Å². The second-order valence-electron chi connectivity index (χ2n) is 6.27. The van der Waals surface area contributed by atoms with Crippen LogP contribution in [0.5, 0.6) is 0 Å². The lowest BCUT2D eigenvalue weighted by atomic mass is 9.89. The first-order chi connectivity index (χ1) is 8.57. The molecule has 0 amide bonds. The molecule has 5 heteroatoms. The molecule has 1 heterocycles. The van der Waals surface area contributed by atoms with Gasteiger partial charge in [-0.1, -0.05) is 12.8 Å². The van der Waals surface area contributed by atoms with Gasteiger partial charge in [0.1, 0.15) is 0 Å². The molecule has 0 unspecified atom stereocenters. The van der Waals surface area contributed by atoms with Crippen molar-refractivity contribution in [1.29, 1.82) is 0 Å². The molecule has 1 N–H and O–H groups in total. The molecule has 0 aromatic carbocycles. The van der Waals surface area contributed by atoms with Crippen LogP contribution in [0.1, 0.15) is 51.4 Å². The van der Waals surface area contributed by atoms with E-state index >= 15 is 0 Å². The number of sulfonamides is 1. The summed E-state index contributed by atoms with van der Waals surface area (Å²) in [6.45, 7) is 0.705. The average Bonchev–Trinajstić information content (AvgIpc) is 2.97. The Morgan fingerprint density at radius 1 is 1.17 bits per heavy atom. The molecule has 1 saturated heterocycles. The minimum Gasteiger partial charge on any atom is -0.375 e. The van der Waals surface area contributed by atoms with E-state index in [1.165, 1.54) is 12.8 Å². The van der Waals surface area contributed by atoms with Gasteiger partial charge in [-0.3, -0.25) is 0 Å². The van der Waals surface area contributed by atoms with Crippen LogP contribution in [0, 0.1) is 5.92 Å². The highest BCUT2D eigenvalue weighted by molar-refractivity contribution is 7.89. The second-order valence-corrected chi connectivity index (χ2v) is 8.07. The van der Waals surface area contributed by atoms with Crippen LogP contribution < -0.4 is 4.72 Å². The summed E-state index contributed by atoms with van der Waals surface area (Å²) < 4.78 is 32.8. The molecule has 2 aliphatic carbocycles. The largest absolute Gasteiger partial charge is 0.375 e. The van der Waals surface area contributed by atoms with Crippen LogP contribution in [-0.4, -0.2) is 32.4 Å². The first-order valence-electron chi connectivity index (χ1n) is 7.21. The molecule has 1 spiro atoms. The third-order valence-corrected chi connectivity index (χ3v) is 6.11. The summed E-state index contributed by atoms with van der Waals surface area (Å²) >= 11 is 0. The van der Waals surface area contributed by atoms with Gasteiger partial charge in [0.2, 0.25) is 10.0 Å². The van der Waals surface area contributed by atoms with E-state index in [0.717, 1.165) is 38.5 Å². The molecular formula is C13H23NO3S. The predicted molar refractivity (Wildman–Crippen MR) is 69.8 cm³/mol. The van der Waals surface area contributed by atoms with Gasteiger partial charge in [0.05, 0.1) is 11.4 Å². The van der Waals surface area contributed by atoms with Gasteiger partial charge in [-0.25, -0.2) is 13.1 Å². The minimum atomic E-state index is -3.07. The van der Waals surface area contributed by atoms with E-state index in [1.807, 2.05) is 0 Å². The highest BCUT2D eigenvalue weighted by Gasteiger charge is 2.41. The molecular weight excluding hydrogens is 250 g/mol. The van der Waals surface area contributed by atoms with E-state index in [4.69, 9.17) is 4.74 Å². The molecule has 18 heavy (non-hydrogen) atoms. The molecule has 0 aromatic rings. The minimum absolute atomic E-state index is 0.00891. The Labute approximate surface area is 110 Å². The fourth-order valence-corrected chi connectivity index (χ4v) is 5.15. The van der Waals surface area contributed by atoms with Crippen LogP contribution in [0.25, 0.3) is 0 Å². The van der Waals surface area contributed by atoms with Crippen molar-refractivity contribution < 1.29 is 13.2 Å². The van der Waals surface area contributed by atoms with E-state index < -0.39 is 10.0 Å². The van der Waals surface area contributed by atoms with Gasteiger partial charge in [0.15, 0.2) is 0 Å². The molecule has 0 aromatic heterocycles. The molecule has 3 fully saturated rings. The smallest absolute Gasteiger partial charge is 0.212 e. The molecule has 3 rings (SSSR count). The zero-order valence-corrected chi connectivity index (χ0v) is 11.7. The summed E-state index contributed by atoms with van der Waals surface area (Å²) in [7, 11) is -3.07. The average molecular weight is 273 g/mol. The number of hydrogen-bond acceptors (Lipinski definition) is 3. The monoisotopic (exact) mass is 273 g/mol. The molecule has 1 aliphatic heterocycles. The molecule has 2 saturated carbocycles. The third kappa shape index (κ3) is 3.06. The number of rotatable bonds is 4. The van der Waals surface area contributed by atoms with Gasteiger partial charge < -0.3 is 4.74 Å². The second kappa shape index (κ2) is 4.76. The van der Waals surface area contributed by atoms with Crippen molar-refractivity contribution in [1.82, 2.24) is 4.72 Å². The molecule has 104 valence electrons. The molecule has 0 radical (unpaired) electrons. The van der Waals surface area contributed by atoms with Crippen molar-refractivity contribution in [3.8, 4) is 0 Å². The van der Waals surface area contributed by atoms with Crippen LogP contribution in [-0.2, 0) is 14.8 Å². The van der Waals surface area contributed by atoms with E-state index in [0.29, 0.717) is 18.3 Å². The lowest BCUT2D eigenvalue weighted by Gasteiger charge is -2.38. The Morgan fingerprint density at radius 3 is 2.56 bits per heavy atom. The normalized spacial score (nSPS) is 31.9. The Bertz CT molecular complexity index is 396. The van der Waals surface area contributed by atoms with Gasteiger partial charge in [-0.05, 0) is 44.4 Å². The summed E-state index contributed by atoms with van der Waals surface area (Å²) in [5.74, 6) is 0.750. The van der Waals surface area contributed by atoms with Gasteiger partial charge in [0, 0.05) is 12.6 Å². The van der Waals surface area contributed by atoms with Crippen LogP contribution in [0.3, 0.4) is 0 Å². The van der Waals surface area contributed by atoms with Crippen molar-refractivity contribution in [2.45, 2.75) is 63.0 Å². The first-order valence-corrected chi connectivity index (χ1v) is 8.86. The van der Waals surface area contributed by atoms with Crippen molar-refractivity contribution in [2.24, 2.45) is 5.92 Å². The Morgan fingerprint density at radius 2 is 1.89 bits per heavy atom. The van der Waals surface area contributed by atoms with Crippen LogP contribution in [0.15, 0.2) is 0 Å². The summed E-state index contributed by atoms with van der Waals surface area (Å²) in [5, 5.41) is 0. The zero-order chi connectivity index (χ0) is 12.6. The Balaban J connectivity index is 1.58. The summed E-state index contributed by atoms with van der Waals surface area (Å²) in [6.07, 6.45) is 8.52. The van der Waals surface area contributed by atoms with E-state index in [9.17, 15) is 8.42 Å². The first kappa shape index (κ1) is 12.9. The zero-order valence-electron chi connectivity index (χ0n) is 10.9. The van der Waals surface area contributed by atoms with E-state index in [1.54, 1.807) is 0 Å². The molecule has 1 atom stereocenters. The molecule has 4 nitrogen and oxygen atoms in total. The maximum Gasteiger partial charge on any atom is 0.212 e.